The topological polar surface area (TPSA) is 91.4 Å². The van der Waals surface area contributed by atoms with Crippen molar-refractivity contribution in [2.24, 2.45) is 5.92 Å². The highest BCUT2D eigenvalue weighted by Gasteiger charge is 2.20. The minimum Gasteiger partial charge on any atom is -0.464 e. The molecule has 0 fully saturated rings. The molecule has 0 amide bonds. The number of nitro groups is 1. The van der Waals surface area contributed by atoms with E-state index in [1.54, 1.807) is 0 Å². The van der Waals surface area contributed by atoms with Gasteiger partial charge in [-0.25, -0.2) is 4.79 Å². The first-order valence-corrected chi connectivity index (χ1v) is 6.36. The molecule has 1 aromatic rings. The van der Waals surface area contributed by atoms with E-state index >= 15 is 0 Å². The summed E-state index contributed by atoms with van der Waals surface area (Å²) in [5.74, 6) is -0.174. The van der Waals surface area contributed by atoms with Gasteiger partial charge in [0.1, 0.15) is 6.04 Å². The lowest BCUT2D eigenvalue weighted by Gasteiger charge is -2.14. The van der Waals surface area contributed by atoms with Crippen molar-refractivity contribution in [3.05, 3.63) is 38.8 Å². The van der Waals surface area contributed by atoms with Crippen LogP contribution in [0.15, 0.2) is 23.1 Å². The molecule has 1 aromatic heterocycles. The van der Waals surface area contributed by atoms with Crippen LogP contribution in [0, 0.1) is 16.0 Å². The second-order valence-corrected chi connectivity index (χ2v) is 4.92. The molecule has 0 aliphatic carbocycles. The lowest BCUT2D eigenvalue weighted by Crippen LogP contribution is -2.29. The summed E-state index contributed by atoms with van der Waals surface area (Å²) in [5.41, 5.74) is -0.727. The van der Waals surface area contributed by atoms with E-state index in [9.17, 15) is 19.7 Å². The molecule has 0 N–H and O–H groups in total. The molecule has 0 saturated heterocycles. The van der Waals surface area contributed by atoms with Crippen molar-refractivity contribution in [3.8, 4) is 0 Å². The lowest BCUT2D eigenvalue weighted by molar-refractivity contribution is -0.385. The second kappa shape index (κ2) is 6.83. The second-order valence-electron chi connectivity index (χ2n) is 4.92. The molecular weight excluding hydrogens is 264 g/mol. The molecule has 0 radical (unpaired) electrons. The van der Waals surface area contributed by atoms with Crippen LogP contribution in [0.25, 0.3) is 0 Å². The number of carbonyl (C=O) groups excluding carboxylic acids is 1. The van der Waals surface area contributed by atoms with Crippen LogP contribution in [-0.4, -0.2) is 22.1 Å². The molecule has 0 aliphatic rings. The normalized spacial score (nSPS) is 12.2. The van der Waals surface area contributed by atoms with Gasteiger partial charge in [0.05, 0.1) is 17.7 Å². The highest BCUT2D eigenvalue weighted by atomic mass is 16.6. The van der Waals surface area contributed by atoms with Crippen LogP contribution in [0.2, 0.25) is 0 Å². The smallest absolute Gasteiger partial charge is 0.328 e. The Bertz CT molecular complexity index is 550. The first kappa shape index (κ1) is 15.9. The number of carbonyl (C=O) groups is 1. The number of esters is 1. The highest BCUT2D eigenvalue weighted by molar-refractivity contribution is 5.73. The van der Waals surface area contributed by atoms with Gasteiger partial charge in [0, 0.05) is 12.1 Å². The molecule has 1 heterocycles. The van der Waals surface area contributed by atoms with Crippen LogP contribution >= 0.6 is 0 Å². The summed E-state index contributed by atoms with van der Waals surface area (Å²) in [5, 5.41) is 10.7. The molecule has 110 valence electrons. The SMILES string of the molecule is CC(C)CCOC(=O)C(C)n1cc([N+](=O)[O-])ccc1=O. The average molecular weight is 282 g/mol. The van der Waals surface area contributed by atoms with Crippen molar-refractivity contribution >= 4 is 11.7 Å². The Morgan fingerprint density at radius 1 is 1.40 bits per heavy atom. The fourth-order valence-electron chi connectivity index (χ4n) is 1.53. The van der Waals surface area contributed by atoms with Gasteiger partial charge >= 0.3 is 5.97 Å². The summed E-state index contributed by atoms with van der Waals surface area (Å²) in [7, 11) is 0. The maximum Gasteiger partial charge on any atom is 0.328 e. The molecule has 0 aromatic carbocycles. The van der Waals surface area contributed by atoms with Crippen molar-refractivity contribution < 1.29 is 14.5 Å². The van der Waals surface area contributed by atoms with Gasteiger partial charge in [-0.1, -0.05) is 13.8 Å². The van der Waals surface area contributed by atoms with Crippen LogP contribution in [0.4, 0.5) is 5.69 Å². The third kappa shape index (κ3) is 4.18. The Kier molecular flexibility index (Phi) is 5.42. The maximum absolute atomic E-state index is 11.8. The third-order valence-electron chi connectivity index (χ3n) is 2.83. The van der Waals surface area contributed by atoms with Crippen molar-refractivity contribution in [1.82, 2.24) is 4.57 Å². The number of pyridine rings is 1. The molecule has 1 unspecified atom stereocenters. The third-order valence-corrected chi connectivity index (χ3v) is 2.83. The Balaban J connectivity index is 2.83. The zero-order valence-corrected chi connectivity index (χ0v) is 11.7. The predicted octanol–water partition coefficient (Wildman–Crippen LogP) is 1.91. The molecule has 20 heavy (non-hydrogen) atoms. The molecular formula is C13H18N2O5. The van der Waals surface area contributed by atoms with Crippen molar-refractivity contribution in [2.75, 3.05) is 6.61 Å². The van der Waals surface area contributed by atoms with Gasteiger partial charge in [-0.15, -0.1) is 0 Å². The van der Waals surface area contributed by atoms with E-state index in [0.29, 0.717) is 5.92 Å². The van der Waals surface area contributed by atoms with Crippen LogP contribution in [0.3, 0.4) is 0 Å². The average Bonchev–Trinajstić information content (AvgIpc) is 2.37. The zero-order chi connectivity index (χ0) is 15.3. The molecule has 0 spiro atoms. The molecule has 0 aliphatic heterocycles. The summed E-state index contributed by atoms with van der Waals surface area (Å²) in [6.07, 6.45) is 1.78. The Morgan fingerprint density at radius 3 is 2.60 bits per heavy atom. The van der Waals surface area contributed by atoms with Gasteiger partial charge < -0.3 is 4.74 Å². The molecule has 0 bridgehead atoms. The number of nitrogens with zero attached hydrogens (tertiary/aromatic N) is 2. The van der Waals surface area contributed by atoms with E-state index in [1.165, 1.54) is 6.92 Å². The summed E-state index contributed by atoms with van der Waals surface area (Å²) in [6, 6.07) is 1.28. The zero-order valence-electron chi connectivity index (χ0n) is 11.7. The summed E-state index contributed by atoms with van der Waals surface area (Å²) in [4.78, 5) is 33.5. The number of rotatable bonds is 6. The molecule has 7 nitrogen and oxygen atoms in total. The summed E-state index contributed by atoms with van der Waals surface area (Å²) < 4.78 is 6.07. The van der Waals surface area contributed by atoms with E-state index in [0.717, 1.165) is 29.3 Å². The fourth-order valence-corrected chi connectivity index (χ4v) is 1.53. The molecule has 1 rings (SSSR count). The standard InChI is InChI=1S/C13H18N2O5/c1-9(2)6-7-20-13(17)10(3)14-8-11(15(18)19)4-5-12(14)16/h4-5,8-10H,6-7H2,1-3H3. The molecule has 0 saturated carbocycles. The number of aromatic nitrogens is 1. The van der Waals surface area contributed by atoms with Gasteiger partial charge in [0.25, 0.3) is 11.2 Å². The van der Waals surface area contributed by atoms with E-state index in [4.69, 9.17) is 4.74 Å². The molecule has 1 atom stereocenters. The lowest BCUT2D eigenvalue weighted by atomic mass is 10.1. The van der Waals surface area contributed by atoms with Gasteiger partial charge in [0.2, 0.25) is 0 Å². The monoisotopic (exact) mass is 282 g/mol. The number of ether oxygens (including phenoxy) is 1. The van der Waals surface area contributed by atoms with E-state index in [-0.39, 0.29) is 12.3 Å². The van der Waals surface area contributed by atoms with E-state index < -0.39 is 22.5 Å². The van der Waals surface area contributed by atoms with Gasteiger partial charge in [-0.3, -0.25) is 19.5 Å². The molecule has 7 heteroatoms. The number of hydrogen-bond donors (Lipinski definition) is 0. The van der Waals surface area contributed by atoms with Crippen molar-refractivity contribution in [3.63, 3.8) is 0 Å². The number of hydrogen-bond acceptors (Lipinski definition) is 5. The van der Waals surface area contributed by atoms with Crippen LogP contribution < -0.4 is 5.56 Å². The van der Waals surface area contributed by atoms with Crippen LogP contribution in [0.1, 0.15) is 33.2 Å². The first-order chi connectivity index (χ1) is 9.32. The summed E-state index contributed by atoms with van der Waals surface area (Å²) in [6.45, 7) is 5.75. The Labute approximate surface area is 116 Å². The predicted molar refractivity (Wildman–Crippen MR) is 72.5 cm³/mol. The van der Waals surface area contributed by atoms with Crippen LogP contribution in [0.5, 0.6) is 0 Å². The minimum atomic E-state index is -0.894. The first-order valence-electron chi connectivity index (χ1n) is 6.36. The highest BCUT2D eigenvalue weighted by Crippen LogP contribution is 2.12. The fraction of sp³-hybridized carbons (Fsp3) is 0.538. The quantitative estimate of drug-likeness (QED) is 0.451. The Hall–Kier alpha value is -2.18. The Morgan fingerprint density at radius 2 is 2.05 bits per heavy atom. The van der Waals surface area contributed by atoms with Crippen LogP contribution in [-0.2, 0) is 9.53 Å². The van der Waals surface area contributed by atoms with E-state index in [1.807, 2.05) is 13.8 Å². The van der Waals surface area contributed by atoms with Gasteiger partial charge in [0.15, 0.2) is 0 Å². The minimum absolute atomic E-state index is 0.244. The van der Waals surface area contributed by atoms with E-state index in [2.05, 4.69) is 0 Å². The summed E-state index contributed by atoms with van der Waals surface area (Å²) >= 11 is 0. The van der Waals surface area contributed by atoms with Crippen molar-refractivity contribution in [2.45, 2.75) is 33.2 Å². The largest absolute Gasteiger partial charge is 0.464 e. The van der Waals surface area contributed by atoms with Gasteiger partial charge in [-0.2, -0.15) is 0 Å². The van der Waals surface area contributed by atoms with Crippen molar-refractivity contribution in [1.29, 1.82) is 0 Å². The van der Waals surface area contributed by atoms with Gasteiger partial charge in [-0.05, 0) is 19.3 Å². The maximum atomic E-state index is 11.8.